The first-order valence-electron chi connectivity index (χ1n) is 6.34. The van der Waals surface area contributed by atoms with Crippen LogP contribution in [0.1, 0.15) is 50.3 Å². The van der Waals surface area contributed by atoms with Crippen LogP contribution in [0, 0.1) is 5.82 Å². The van der Waals surface area contributed by atoms with Crippen molar-refractivity contribution in [2.75, 3.05) is 0 Å². The molecule has 1 heterocycles. The Bertz CT molecular complexity index is 401. The Labute approximate surface area is 102 Å². The molecule has 92 valence electrons. The van der Waals surface area contributed by atoms with E-state index in [0.717, 1.165) is 24.8 Å². The molecule has 0 bridgehead atoms. The molecular formula is C14H19FN2. The molecule has 3 heteroatoms. The molecule has 2 N–H and O–H groups in total. The molecule has 0 spiro atoms. The van der Waals surface area contributed by atoms with Crippen LogP contribution in [0.4, 0.5) is 4.39 Å². The van der Waals surface area contributed by atoms with E-state index in [4.69, 9.17) is 5.73 Å². The van der Waals surface area contributed by atoms with E-state index in [9.17, 15) is 4.39 Å². The van der Waals surface area contributed by atoms with Gasteiger partial charge in [0.1, 0.15) is 5.82 Å². The fraction of sp³-hybridized carbons (Fsp3) is 0.500. The summed E-state index contributed by atoms with van der Waals surface area (Å²) in [5, 5.41) is 0. The molecule has 1 atom stereocenters. The minimum atomic E-state index is -0.380. The average molecular weight is 234 g/mol. The molecule has 0 fully saturated rings. The first-order valence-corrected chi connectivity index (χ1v) is 6.34. The van der Waals surface area contributed by atoms with E-state index in [-0.39, 0.29) is 11.9 Å². The van der Waals surface area contributed by atoms with Crippen molar-refractivity contribution in [1.29, 1.82) is 0 Å². The number of nitrogens with zero attached hydrogens (tertiary/aromatic N) is 1. The molecule has 0 saturated carbocycles. The Morgan fingerprint density at radius 1 is 1.24 bits per heavy atom. The second-order valence-electron chi connectivity index (χ2n) is 4.58. The number of rotatable bonds is 2. The van der Waals surface area contributed by atoms with Crippen molar-refractivity contribution in [3.63, 3.8) is 0 Å². The maximum absolute atomic E-state index is 13.6. The van der Waals surface area contributed by atoms with Gasteiger partial charge in [0.2, 0.25) is 0 Å². The van der Waals surface area contributed by atoms with E-state index in [1.54, 1.807) is 12.3 Å². The monoisotopic (exact) mass is 234 g/mol. The number of allylic oxidation sites excluding steroid dienone is 1. The molecule has 1 aliphatic carbocycles. The molecule has 0 amide bonds. The van der Waals surface area contributed by atoms with Gasteiger partial charge in [0.15, 0.2) is 0 Å². The summed E-state index contributed by atoms with van der Waals surface area (Å²) < 4.78 is 13.6. The van der Waals surface area contributed by atoms with Crippen molar-refractivity contribution in [3.8, 4) is 0 Å². The van der Waals surface area contributed by atoms with Gasteiger partial charge >= 0.3 is 0 Å². The molecule has 2 nitrogen and oxygen atoms in total. The van der Waals surface area contributed by atoms with Crippen molar-refractivity contribution < 1.29 is 4.39 Å². The second-order valence-corrected chi connectivity index (χ2v) is 4.58. The standard InChI is InChI=1S/C14H19FN2/c15-12-9-6-10-17-14(12)13(16)11-7-4-2-1-3-5-8-11/h6-7,9-10,13H,1-5,8,16H2/b11-7+. The van der Waals surface area contributed by atoms with Crippen molar-refractivity contribution in [1.82, 2.24) is 4.98 Å². The topological polar surface area (TPSA) is 38.9 Å². The van der Waals surface area contributed by atoms with Gasteiger partial charge in [-0.05, 0) is 37.8 Å². The van der Waals surface area contributed by atoms with Gasteiger partial charge in [-0.1, -0.05) is 24.5 Å². The van der Waals surface area contributed by atoms with E-state index >= 15 is 0 Å². The first-order chi connectivity index (χ1) is 8.29. The molecule has 0 aliphatic heterocycles. The molecule has 17 heavy (non-hydrogen) atoms. The first kappa shape index (κ1) is 12.2. The van der Waals surface area contributed by atoms with Crippen LogP contribution in [-0.4, -0.2) is 4.98 Å². The summed E-state index contributed by atoms with van der Waals surface area (Å²) in [5.41, 5.74) is 7.64. The van der Waals surface area contributed by atoms with Crippen LogP contribution in [0.3, 0.4) is 0 Å². The molecule has 2 rings (SSSR count). The quantitative estimate of drug-likeness (QED) is 0.795. The maximum Gasteiger partial charge on any atom is 0.146 e. The highest BCUT2D eigenvalue weighted by molar-refractivity contribution is 5.23. The summed E-state index contributed by atoms with van der Waals surface area (Å²) in [5.74, 6) is -0.303. The van der Waals surface area contributed by atoms with Gasteiger partial charge in [-0.15, -0.1) is 0 Å². The van der Waals surface area contributed by atoms with E-state index in [2.05, 4.69) is 11.1 Å². The normalized spacial score (nSPS) is 22.1. The van der Waals surface area contributed by atoms with Gasteiger partial charge in [-0.3, -0.25) is 4.98 Å². The third kappa shape index (κ3) is 3.13. The summed E-state index contributed by atoms with van der Waals surface area (Å²) >= 11 is 0. The predicted octanol–water partition coefficient (Wildman–Crippen LogP) is 3.50. The van der Waals surface area contributed by atoms with Crippen LogP contribution in [0.15, 0.2) is 30.0 Å². The largest absolute Gasteiger partial charge is 0.319 e. The van der Waals surface area contributed by atoms with E-state index in [1.807, 2.05) is 0 Å². The van der Waals surface area contributed by atoms with Crippen LogP contribution >= 0.6 is 0 Å². The Morgan fingerprint density at radius 3 is 2.88 bits per heavy atom. The summed E-state index contributed by atoms with van der Waals surface area (Å²) in [4.78, 5) is 4.07. The molecule has 0 saturated heterocycles. The van der Waals surface area contributed by atoms with Crippen molar-refractivity contribution >= 4 is 0 Å². The number of pyridine rings is 1. The van der Waals surface area contributed by atoms with Gasteiger partial charge in [-0.25, -0.2) is 4.39 Å². The van der Waals surface area contributed by atoms with Crippen LogP contribution in [0.2, 0.25) is 0 Å². The average Bonchev–Trinajstić information content (AvgIpc) is 2.28. The number of aromatic nitrogens is 1. The zero-order valence-corrected chi connectivity index (χ0v) is 10.0. The fourth-order valence-electron chi connectivity index (χ4n) is 2.30. The lowest BCUT2D eigenvalue weighted by Crippen LogP contribution is -2.17. The van der Waals surface area contributed by atoms with E-state index in [1.165, 1.54) is 25.3 Å². The van der Waals surface area contributed by atoms with Crippen LogP contribution in [-0.2, 0) is 0 Å². The van der Waals surface area contributed by atoms with Crippen LogP contribution < -0.4 is 5.73 Å². The van der Waals surface area contributed by atoms with Crippen molar-refractivity contribution in [3.05, 3.63) is 41.5 Å². The zero-order valence-electron chi connectivity index (χ0n) is 10.0. The highest BCUT2D eigenvalue weighted by Gasteiger charge is 2.17. The lowest BCUT2D eigenvalue weighted by Gasteiger charge is -2.18. The SMILES string of the molecule is NC(/C1=C/CCCCCC1)c1ncccc1F. The molecule has 1 aromatic heterocycles. The van der Waals surface area contributed by atoms with Gasteiger partial charge in [-0.2, -0.15) is 0 Å². The zero-order chi connectivity index (χ0) is 12.1. The molecular weight excluding hydrogens is 215 g/mol. The molecule has 1 aromatic rings. The Morgan fingerprint density at radius 2 is 2.06 bits per heavy atom. The van der Waals surface area contributed by atoms with Gasteiger partial charge in [0, 0.05) is 6.20 Å². The Hall–Kier alpha value is -1.22. The Balaban J connectivity index is 2.18. The number of halogens is 1. The van der Waals surface area contributed by atoms with E-state index in [0.29, 0.717) is 5.69 Å². The number of hydrogen-bond acceptors (Lipinski definition) is 2. The maximum atomic E-state index is 13.6. The summed E-state index contributed by atoms with van der Waals surface area (Å²) in [6.07, 6.45) is 10.7. The third-order valence-corrected chi connectivity index (χ3v) is 3.31. The Kier molecular flexibility index (Phi) is 4.26. The van der Waals surface area contributed by atoms with Crippen LogP contribution in [0.25, 0.3) is 0 Å². The fourth-order valence-corrected chi connectivity index (χ4v) is 2.30. The van der Waals surface area contributed by atoms with Gasteiger partial charge < -0.3 is 5.73 Å². The third-order valence-electron chi connectivity index (χ3n) is 3.31. The summed E-state index contributed by atoms with van der Waals surface area (Å²) in [6.45, 7) is 0. The predicted molar refractivity (Wildman–Crippen MR) is 66.9 cm³/mol. The number of hydrogen-bond donors (Lipinski definition) is 1. The minimum absolute atomic E-state index is 0.303. The lowest BCUT2D eigenvalue weighted by molar-refractivity contribution is 0.562. The summed E-state index contributed by atoms with van der Waals surface area (Å²) in [6, 6.07) is 2.64. The molecule has 0 radical (unpaired) electrons. The van der Waals surface area contributed by atoms with Crippen molar-refractivity contribution in [2.45, 2.75) is 44.6 Å². The highest BCUT2D eigenvalue weighted by Crippen LogP contribution is 2.26. The molecule has 1 unspecified atom stereocenters. The van der Waals surface area contributed by atoms with Crippen LogP contribution in [0.5, 0.6) is 0 Å². The molecule has 0 aromatic carbocycles. The smallest absolute Gasteiger partial charge is 0.146 e. The highest BCUT2D eigenvalue weighted by atomic mass is 19.1. The lowest BCUT2D eigenvalue weighted by atomic mass is 9.93. The number of nitrogens with two attached hydrogens (primary N) is 1. The van der Waals surface area contributed by atoms with E-state index < -0.39 is 0 Å². The van der Waals surface area contributed by atoms with Crippen molar-refractivity contribution in [2.24, 2.45) is 5.73 Å². The van der Waals surface area contributed by atoms with Gasteiger partial charge in [0.05, 0.1) is 11.7 Å². The summed E-state index contributed by atoms with van der Waals surface area (Å²) in [7, 11) is 0. The minimum Gasteiger partial charge on any atom is -0.319 e. The second kappa shape index (κ2) is 5.92. The molecule has 1 aliphatic rings. The van der Waals surface area contributed by atoms with Gasteiger partial charge in [0.25, 0.3) is 0 Å².